The van der Waals surface area contributed by atoms with Gasteiger partial charge in [-0.15, -0.1) is 0 Å². The van der Waals surface area contributed by atoms with E-state index >= 15 is 0 Å². The standard InChI is InChI=1S/2C44H27N3O.C42H26N2O/c1-6-16-38-33(10-1)34-11-2-7-17-39(34)47(38)31-26-24-30(25-27-31)44-43(45-36-14-4-5-15-37(36)46-44)29-22-20-28(21-23-29)32-13-9-19-41-42(32)35-12-3-8-18-40(35)48-41;1-2-11-31(12-3-1)47-38-18-8-4-13-33(38)34-26-25-30(27-39(34)47)44-43(45-36-16-6-7-17-37(36)46-44)29-23-21-28(22-24-29)32-15-10-20-41-42(32)35-14-5-9-19-40(35)48-41;1-2-9-32-26-33(25-18-27(32)8-1)28-16-21-30(22-17-28)41-42(44-37-13-5-4-12-36(37)43-41)31-23-19-29(20-24-31)34-11-7-15-39-40(34)35-10-3-6-14-38(35)45-39/h2*1-27H;1-26H. The van der Waals surface area contributed by atoms with Crippen LogP contribution in [-0.4, -0.2) is 39.0 Å². The van der Waals surface area contributed by atoms with Crippen molar-refractivity contribution in [2.75, 3.05) is 0 Å². The van der Waals surface area contributed by atoms with E-state index in [4.69, 9.17) is 43.2 Å². The predicted molar refractivity (Wildman–Crippen MR) is 581 cm³/mol. The minimum Gasteiger partial charge on any atom is -0.456 e. The summed E-state index contributed by atoms with van der Waals surface area (Å²) in [7, 11) is 0. The van der Waals surface area contributed by atoms with E-state index in [2.05, 4.69) is 367 Å². The molecule has 0 aliphatic heterocycles. The quantitative estimate of drug-likeness (QED) is 0.117. The summed E-state index contributed by atoms with van der Waals surface area (Å²) in [5, 5.41) is 14.2. The lowest BCUT2D eigenvalue weighted by Gasteiger charge is -2.13. The van der Waals surface area contributed by atoms with E-state index in [0.29, 0.717) is 0 Å². The molecule has 0 atom stereocenters. The summed E-state index contributed by atoms with van der Waals surface area (Å²) in [5.74, 6) is 0. The van der Waals surface area contributed by atoms with Gasteiger partial charge in [-0.3, -0.25) is 0 Å². The zero-order chi connectivity index (χ0) is 93.0. The lowest BCUT2D eigenvalue weighted by molar-refractivity contribution is 0.668. The molecule has 29 rings (SSSR count). The number of hydrogen-bond acceptors (Lipinski definition) is 9. The zero-order valence-corrected chi connectivity index (χ0v) is 76.0. The molecule has 0 fully saturated rings. The minimum atomic E-state index is 0.856. The Balaban J connectivity index is 0.000000106. The van der Waals surface area contributed by atoms with Gasteiger partial charge in [0, 0.05) is 98.6 Å². The monoisotopic (exact) mass is 1800 g/mol. The van der Waals surface area contributed by atoms with E-state index in [1.54, 1.807) is 0 Å². The molecule has 29 aromatic rings. The van der Waals surface area contributed by atoms with Gasteiger partial charge in [0.25, 0.3) is 0 Å². The molecule has 0 bridgehead atoms. The first-order valence-electron chi connectivity index (χ1n) is 47.5. The third-order valence-electron chi connectivity index (χ3n) is 27.5. The number of benzene rings is 21. The second-order valence-electron chi connectivity index (χ2n) is 35.8. The third-order valence-corrected chi connectivity index (χ3v) is 27.5. The van der Waals surface area contributed by atoms with Crippen molar-refractivity contribution in [1.82, 2.24) is 39.0 Å². The zero-order valence-electron chi connectivity index (χ0n) is 76.0. The van der Waals surface area contributed by atoms with Crippen molar-refractivity contribution in [2.24, 2.45) is 0 Å². The van der Waals surface area contributed by atoms with Gasteiger partial charge in [0.05, 0.1) is 89.3 Å². The highest BCUT2D eigenvalue weighted by Crippen LogP contribution is 2.46. The molecule has 8 heterocycles. The van der Waals surface area contributed by atoms with Gasteiger partial charge >= 0.3 is 0 Å². The average molecular weight is 1800 g/mol. The molecule has 0 saturated carbocycles. The number of fused-ring (bicyclic) bond motifs is 19. The van der Waals surface area contributed by atoms with Crippen LogP contribution in [0.2, 0.25) is 0 Å². The highest BCUT2D eigenvalue weighted by molar-refractivity contribution is 6.17. The summed E-state index contributed by atoms with van der Waals surface area (Å²) in [4.78, 5) is 31.1. The van der Waals surface area contributed by atoms with Gasteiger partial charge in [0.1, 0.15) is 33.5 Å². The average Bonchev–Trinajstić information content (AvgIpc) is 1.60. The number of para-hydroxylation sites is 13. The molecule has 8 aromatic heterocycles. The molecule has 0 amide bonds. The third kappa shape index (κ3) is 14.4. The highest BCUT2D eigenvalue weighted by Gasteiger charge is 2.25. The van der Waals surface area contributed by atoms with E-state index in [9.17, 15) is 0 Å². The van der Waals surface area contributed by atoms with Gasteiger partial charge < -0.3 is 22.4 Å². The van der Waals surface area contributed by atoms with Gasteiger partial charge in [-0.25, -0.2) is 29.9 Å². The molecule has 0 N–H and O–H groups in total. The summed E-state index contributed by atoms with van der Waals surface area (Å²) in [6.07, 6.45) is 0. The molecular formula is C130H80N8O3. The van der Waals surface area contributed by atoms with E-state index in [1.807, 2.05) is 127 Å². The summed E-state index contributed by atoms with van der Waals surface area (Å²) < 4.78 is 23.2. The molecule has 0 radical (unpaired) electrons. The van der Waals surface area contributed by atoms with E-state index in [-0.39, 0.29) is 0 Å². The van der Waals surface area contributed by atoms with Crippen molar-refractivity contribution in [3.63, 3.8) is 0 Å². The summed E-state index contributed by atoms with van der Waals surface area (Å²) in [5.41, 5.74) is 38.0. The van der Waals surface area contributed by atoms with Crippen LogP contribution in [0.25, 0.3) is 277 Å². The first kappa shape index (κ1) is 81.5. The van der Waals surface area contributed by atoms with Crippen LogP contribution in [0.3, 0.4) is 0 Å². The van der Waals surface area contributed by atoms with Crippen LogP contribution in [-0.2, 0) is 0 Å². The number of nitrogens with zero attached hydrogens (tertiary/aromatic N) is 8. The Labute approximate surface area is 808 Å². The van der Waals surface area contributed by atoms with Crippen LogP contribution >= 0.6 is 0 Å². The Kier molecular flexibility index (Phi) is 19.7. The molecular weight excluding hydrogens is 1720 g/mol. The van der Waals surface area contributed by atoms with Crippen molar-refractivity contribution in [3.05, 3.63) is 485 Å². The minimum absolute atomic E-state index is 0.856. The van der Waals surface area contributed by atoms with Gasteiger partial charge in [0.2, 0.25) is 0 Å². The summed E-state index contributed by atoms with van der Waals surface area (Å²) in [6, 6.07) is 169. The van der Waals surface area contributed by atoms with Gasteiger partial charge in [-0.2, -0.15) is 0 Å². The van der Waals surface area contributed by atoms with Crippen LogP contribution in [0.1, 0.15) is 0 Å². The van der Waals surface area contributed by atoms with Crippen LogP contribution in [0.5, 0.6) is 0 Å². The Morgan fingerprint density at radius 3 is 0.794 bits per heavy atom. The summed E-state index contributed by atoms with van der Waals surface area (Å²) >= 11 is 0. The van der Waals surface area contributed by atoms with Crippen molar-refractivity contribution < 1.29 is 13.3 Å². The lowest BCUT2D eigenvalue weighted by atomic mass is 9.96. The normalized spacial score (nSPS) is 11.7. The van der Waals surface area contributed by atoms with Crippen LogP contribution in [0, 0.1) is 0 Å². The Morgan fingerprint density at radius 2 is 0.411 bits per heavy atom. The van der Waals surface area contributed by atoms with Crippen LogP contribution in [0.4, 0.5) is 0 Å². The molecule has 11 heteroatoms. The summed E-state index contributed by atoms with van der Waals surface area (Å²) in [6.45, 7) is 0. The maximum absolute atomic E-state index is 6.18. The molecule has 0 saturated heterocycles. The second kappa shape index (κ2) is 34.1. The number of rotatable bonds is 12. The molecule has 0 aliphatic carbocycles. The Morgan fingerprint density at radius 1 is 0.149 bits per heavy atom. The van der Waals surface area contributed by atoms with Gasteiger partial charge in [0.15, 0.2) is 0 Å². The number of aromatic nitrogens is 8. The van der Waals surface area contributed by atoms with Crippen LogP contribution in [0.15, 0.2) is 499 Å². The lowest BCUT2D eigenvalue weighted by Crippen LogP contribution is -1.97. The first-order chi connectivity index (χ1) is 69.9. The maximum atomic E-state index is 6.18. The van der Waals surface area contributed by atoms with Crippen LogP contribution < -0.4 is 0 Å². The fourth-order valence-electron chi connectivity index (χ4n) is 20.8. The smallest absolute Gasteiger partial charge is 0.136 e. The second-order valence-corrected chi connectivity index (χ2v) is 35.8. The van der Waals surface area contributed by atoms with Crippen molar-refractivity contribution >= 4 is 153 Å². The topological polar surface area (TPSA) is 127 Å². The highest BCUT2D eigenvalue weighted by atomic mass is 16.3. The Hall–Kier alpha value is -19.1. The molecule has 0 unspecified atom stereocenters. The molecule has 141 heavy (non-hydrogen) atoms. The van der Waals surface area contributed by atoms with Gasteiger partial charge in [-0.05, 0) is 183 Å². The fraction of sp³-hybridized carbons (Fsp3) is 0. The van der Waals surface area contributed by atoms with E-state index in [1.165, 1.54) is 60.0 Å². The molecule has 658 valence electrons. The number of hydrogen-bond donors (Lipinski definition) is 0. The van der Waals surface area contributed by atoms with Crippen molar-refractivity contribution in [3.8, 4) is 123 Å². The molecule has 0 aliphatic rings. The largest absolute Gasteiger partial charge is 0.456 e. The van der Waals surface area contributed by atoms with Gasteiger partial charge in [-0.1, -0.05) is 358 Å². The first-order valence-corrected chi connectivity index (χ1v) is 47.5. The fourth-order valence-corrected chi connectivity index (χ4v) is 20.8. The Bertz CT molecular complexity index is 9940. The van der Waals surface area contributed by atoms with Crippen molar-refractivity contribution in [1.29, 1.82) is 0 Å². The predicted octanol–water partition coefficient (Wildman–Crippen LogP) is 34.6. The van der Waals surface area contributed by atoms with E-state index < -0.39 is 0 Å². The SMILES string of the molecule is c1ccc(-n2c3ccccc3c3ccc(-c4nc5ccccc5nc4-c4ccc(-c5cccc6oc7ccccc7c56)cc4)cc32)cc1.c1ccc2cc(-c3ccc(-c4nc5ccccc5nc4-c4ccc(-c5cccc6oc7ccccc7c56)cc4)cc3)ccc2c1.c1ccc2nc(-c3ccc(-n4c5ccccc5c5ccccc54)cc3)c(-c3ccc(-c4cccc5oc6ccccc6c45)cc3)nc2c1. The molecule has 21 aromatic carbocycles. The van der Waals surface area contributed by atoms with E-state index in [0.717, 1.165) is 217 Å². The van der Waals surface area contributed by atoms with Crippen molar-refractivity contribution in [2.45, 2.75) is 0 Å². The maximum Gasteiger partial charge on any atom is 0.136 e. The molecule has 0 spiro atoms. The number of furan rings is 3. The molecule has 11 nitrogen and oxygen atoms in total.